The zero-order valence-electron chi connectivity index (χ0n) is 14.5. The summed E-state index contributed by atoms with van der Waals surface area (Å²) in [6.45, 7) is 2.99. The van der Waals surface area contributed by atoms with Gasteiger partial charge in [-0.1, -0.05) is 78.9 Å². The Morgan fingerprint density at radius 1 is 0.840 bits per heavy atom. The zero-order chi connectivity index (χ0) is 17.1. The second-order valence-electron chi connectivity index (χ2n) is 6.53. The van der Waals surface area contributed by atoms with Gasteiger partial charge in [0, 0.05) is 6.54 Å². The Morgan fingerprint density at radius 3 is 2.24 bits per heavy atom. The van der Waals surface area contributed by atoms with Crippen LogP contribution in [-0.2, 0) is 13.0 Å². The van der Waals surface area contributed by atoms with E-state index >= 15 is 0 Å². The molecule has 0 spiro atoms. The number of hydrogen-bond donors (Lipinski definition) is 0. The standard InChI is InChI=1S/C23H22N2/c1-18-24-22-15-9-8-14-21(22)16-23(20-12-6-3-7-13-20)25(18)17-19-10-4-2-5-11-19/h2-15,23H,16-17H2,1H3. The van der Waals surface area contributed by atoms with Crippen molar-refractivity contribution in [2.24, 2.45) is 4.99 Å². The summed E-state index contributed by atoms with van der Waals surface area (Å²) in [7, 11) is 0. The molecule has 3 aromatic carbocycles. The van der Waals surface area contributed by atoms with Crippen molar-refractivity contribution < 1.29 is 0 Å². The average Bonchev–Trinajstić information content (AvgIpc) is 2.80. The first-order valence-electron chi connectivity index (χ1n) is 8.80. The highest BCUT2D eigenvalue weighted by Crippen LogP contribution is 2.34. The Labute approximate surface area is 149 Å². The first-order valence-corrected chi connectivity index (χ1v) is 8.80. The molecule has 0 radical (unpaired) electrons. The van der Waals surface area contributed by atoms with Crippen molar-refractivity contribution in [2.75, 3.05) is 0 Å². The highest BCUT2D eigenvalue weighted by atomic mass is 15.2. The largest absolute Gasteiger partial charge is 0.349 e. The van der Waals surface area contributed by atoms with E-state index in [9.17, 15) is 0 Å². The molecule has 1 aliphatic rings. The molecule has 1 aliphatic heterocycles. The molecule has 124 valence electrons. The van der Waals surface area contributed by atoms with Crippen LogP contribution in [0.3, 0.4) is 0 Å². The number of rotatable bonds is 3. The maximum atomic E-state index is 4.94. The Balaban J connectivity index is 1.78. The second-order valence-corrected chi connectivity index (χ2v) is 6.53. The monoisotopic (exact) mass is 326 g/mol. The van der Waals surface area contributed by atoms with E-state index < -0.39 is 0 Å². The summed E-state index contributed by atoms with van der Waals surface area (Å²) in [6.07, 6.45) is 0.966. The summed E-state index contributed by atoms with van der Waals surface area (Å²) in [6, 6.07) is 30.2. The Bertz CT molecular complexity index is 869. The minimum absolute atomic E-state index is 0.286. The van der Waals surface area contributed by atoms with Crippen LogP contribution in [0, 0.1) is 0 Å². The summed E-state index contributed by atoms with van der Waals surface area (Å²) in [5, 5.41) is 0. The highest BCUT2D eigenvalue weighted by molar-refractivity contribution is 5.84. The van der Waals surface area contributed by atoms with Crippen molar-refractivity contribution in [2.45, 2.75) is 25.9 Å². The molecule has 1 atom stereocenters. The van der Waals surface area contributed by atoms with Crippen LogP contribution >= 0.6 is 0 Å². The molecule has 0 saturated heterocycles. The summed E-state index contributed by atoms with van der Waals surface area (Å²) in [5.41, 5.74) is 5.05. The number of aliphatic imine (C=N–C) groups is 1. The minimum atomic E-state index is 0.286. The molecule has 4 rings (SSSR count). The van der Waals surface area contributed by atoms with Crippen LogP contribution in [0.2, 0.25) is 0 Å². The smallest absolute Gasteiger partial charge is 0.102 e. The van der Waals surface area contributed by atoms with Crippen molar-refractivity contribution >= 4 is 11.5 Å². The SMILES string of the molecule is CC1=Nc2ccccc2CC(c2ccccc2)N1Cc1ccccc1. The number of hydrogen-bond acceptors (Lipinski definition) is 2. The van der Waals surface area contributed by atoms with E-state index in [1.54, 1.807) is 0 Å². The van der Waals surface area contributed by atoms with E-state index in [2.05, 4.69) is 96.8 Å². The predicted molar refractivity (Wildman–Crippen MR) is 104 cm³/mol. The van der Waals surface area contributed by atoms with E-state index in [1.165, 1.54) is 16.7 Å². The Hall–Kier alpha value is -2.87. The quantitative estimate of drug-likeness (QED) is 0.617. The lowest BCUT2D eigenvalue weighted by Gasteiger charge is -2.32. The molecule has 2 nitrogen and oxygen atoms in total. The molecular formula is C23H22N2. The third-order valence-corrected chi connectivity index (χ3v) is 4.86. The van der Waals surface area contributed by atoms with Crippen LogP contribution in [0.15, 0.2) is 89.9 Å². The topological polar surface area (TPSA) is 15.6 Å². The molecule has 0 bridgehead atoms. The molecule has 0 amide bonds. The van der Waals surface area contributed by atoms with Crippen molar-refractivity contribution in [3.05, 3.63) is 102 Å². The number of nitrogens with zero attached hydrogens (tertiary/aromatic N) is 2. The van der Waals surface area contributed by atoms with Gasteiger partial charge < -0.3 is 4.90 Å². The van der Waals surface area contributed by atoms with E-state index in [1.807, 2.05) is 0 Å². The molecule has 0 N–H and O–H groups in total. The molecule has 0 aliphatic carbocycles. The van der Waals surface area contributed by atoms with Gasteiger partial charge in [-0.15, -0.1) is 0 Å². The molecule has 1 heterocycles. The lowest BCUT2D eigenvalue weighted by Crippen LogP contribution is -2.33. The predicted octanol–water partition coefficient (Wildman–Crippen LogP) is 5.54. The third-order valence-electron chi connectivity index (χ3n) is 4.86. The molecule has 3 aromatic rings. The lowest BCUT2D eigenvalue weighted by atomic mass is 9.96. The van der Waals surface area contributed by atoms with Gasteiger partial charge in [0.15, 0.2) is 0 Å². The first-order chi connectivity index (χ1) is 12.3. The van der Waals surface area contributed by atoms with Crippen molar-refractivity contribution in [1.82, 2.24) is 4.90 Å². The van der Waals surface area contributed by atoms with Crippen molar-refractivity contribution in [3.8, 4) is 0 Å². The molecule has 1 unspecified atom stereocenters. The second kappa shape index (κ2) is 6.94. The third kappa shape index (κ3) is 3.34. The Kier molecular flexibility index (Phi) is 4.34. The normalized spacial score (nSPS) is 16.8. The molecular weight excluding hydrogens is 304 g/mol. The Morgan fingerprint density at radius 2 is 1.48 bits per heavy atom. The van der Waals surface area contributed by atoms with Crippen LogP contribution in [0.1, 0.15) is 29.7 Å². The van der Waals surface area contributed by atoms with Gasteiger partial charge in [0.05, 0.1) is 11.7 Å². The van der Waals surface area contributed by atoms with E-state index in [0.29, 0.717) is 0 Å². The van der Waals surface area contributed by atoms with Crippen LogP contribution < -0.4 is 0 Å². The van der Waals surface area contributed by atoms with Crippen LogP contribution in [0.25, 0.3) is 0 Å². The molecule has 0 aromatic heterocycles. The first kappa shape index (κ1) is 15.6. The maximum absolute atomic E-state index is 4.94. The van der Waals surface area contributed by atoms with Gasteiger partial charge in [-0.3, -0.25) is 0 Å². The summed E-state index contributed by atoms with van der Waals surface area (Å²) >= 11 is 0. The van der Waals surface area contributed by atoms with Crippen LogP contribution in [0.4, 0.5) is 5.69 Å². The molecule has 25 heavy (non-hydrogen) atoms. The minimum Gasteiger partial charge on any atom is -0.349 e. The van der Waals surface area contributed by atoms with E-state index in [-0.39, 0.29) is 6.04 Å². The number of para-hydroxylation sites is 1. The van der Waals surface area contributed by atoms with Gasteiger partial charge in [0.1, 0.15) is 5.84 Å². The molecule has 0 saturated carbocycles. The summed E-state index contributed by atoms with van der Waals surface area (Å²) in [5.74, 6) is 1.07. The van der Waals surface area contributed by atoms with E-state index in [4.69, 9.17) is 4.99 Å². The number of fused-ring (bicyclic) bond motifs is 1. The molecule has 2 heteroatoms. The van der Waals surface area contributed by atoms with Crippen LogP contribution in [0.5, 0.6) is 0 Å². The fourth-order valence-electron chi connectivity index (χ4n) is 3.55. The van der Waals surface area contributed by atoms with Gasteiger partial charge in [-0.05, 0) is 36.1 Å². The average molecular weight is 326 g/mol. The fraction of sp³-hybridized carbons (Fsp3) is 0.174. The van der Waals surface area contributed by atoms with Gasteiger partial charge in [-0.2, -0.15) is 0 Å². The summed E-state index contributed by atoms with van der Waals surface area (Å²) in [4.78, 5) is 7.37. The zero-order valence-corrected chi connectivity index (χ0v) is 14.5. The highest BCUT2D eigenvalue weighted by Gasteiger charge is 2.26. The lowest BCUT2D eigenvalue weighted by molar-refractivity contribution is 0.307. The summed E-state index contributed by atoms with van der Waals surface area (Å²) < 4.78 is 0. The van der Waals surface area contributed by atoms with Gasteiger partial charge in [-0.25, -0.2) is 4.99 Å². The van der Waals surface area contributed by atoms with Gasteiger partial charge in [0.2, 0.25) is 0 Å². The van der Waals surface area contributed by atoms with Gasteiger partial charge >= 0.3 is 0 Å². The number of amidine groups is 1. The van der Waals surface area contributed by atoms with Gasteiger partial charge in [0.25, 0.3) is 0 Å². The van der Waals surface area contributed by atoms with Crippen molar-refractivity contribution in [3.63, 3.8) is 0 Å². The van der Waals surface area contributed by atoms with Crippen LogP contribution in [-0.4, -0.2) is 10.7 Å². The fourth-order valence-corrected chi connectivity index (χ4v) is 3.55. The van der Waals surface area contributed by atoms with Crippen molar-refractivity contribution in [1.29, 1.82) is 0 Å². The number of benzene rings is 3. The maximum Gasteiger partial charge on any atom is 0.102 e. The van der Waals surface area contributed by atoms with E-state index in [0.717, 1.165) is 24.5 Å². The molecule has 0 fully saturated rings.